The van der Waals surface area contributed by atoms with Gasteiger partial charge in [0.2, 0.25) is 0 Å². The number of hydrogen-bond donors (Lipinski definition) is 2. The van der Waals surface area contributed by atoms with Gasteiger partial charge in [0.25, 0.3) is 0 Å². The van der Waals surface area contributed by atoms with Gasteiger partial charge in [-0.2, -0.15) is 5.10 Å². The molecule has 12 atom stereocenters. The largest absolute Gasteiger partial charge is 0.481 e. The number of carboxylic acid groups (broad SMARTS) is 1. The number of aromatic nitrogens is 5. The second kappa shape index (κ2) is 14.3. The third kappa shape index (κ3) is 6.00. The van der Waals surface area contributed by atoms with Crippen LogP contribution in [0, 0.1) is 62.6 Å². The number of pyridine rings is 2. The number of carboxylic acids is 1. The van der Waals surface area contributed by atoms with E-state index in [1.165, 1.54) is 5.57 Å². The van der Waals surface area contributed by atoms with Crippen LogP contribution in [-0.2, 0) is 14.3 Å². The zero-order chi connectivity index (χ0) is 41.6. The van der Waals surface area contributed by atoms with E-state index in [0.717, 1.165) is 61.2 Å². The van der Waals surface area contributed by atoms with Crippen molar-refractivity contribution < 1.29 is 19.4 Å². The third-order valence-corrected chi connectivity index (χ3v) is 17.9. The normalized spacial score (nSPS) is 38.6. The molecule has 0 aromatic carbocycles. The molecule has 58 heavy (non-hydrogen) atoms. The van der Waals surface area contributed by atoms with Crippen LogP contribution in [0.25, 0.3) is 22.6 Å². The van der Waals surface area contributed by atoms with Crippen LogP contribution < -0.4 is 5.73 Å². The van der Waals surface area contributed by atoms with Crippen LogP contribution in [0.5, 0.6) is 0 Å². The van der Waals surface area contributed by atoms with Gasteiger partial charge in [-0.1, -0.05) is 74.0 Å². The molecule has 1 aliphatic heterocycles. The molecule has 4 fully saturated rings. The van der Waals surface area contributed by atoms with Crippen LogP contribution in [0.2, 0.25) is 0 Å². The molecule has 0 amide bonds. The number of carbonyl (C=O) groups is 1. The molecule has 0 spiro atoms. The molecule has 3 N–H and O–H groups in total. The lowest BCUT2D eigenvalue weighted by Crippen LogP contribution is -2.69. The minimum absolute atomic E-state index is 0.155. The molecule has 3 aromatic heterocycles. The number of allylic oxidation sites excluding steroid dienone is 1. The van der Waals surface area contributed by atoms with Gasteiger partial charge in [-0.05, 0) is 116 Å². The van der Waals surface area contributed by atoms with Crippen LogP contribution in [0.3, 0.4) is 0 Å². The maximum Gasteiger partial charge on any atom is 0.307 e. The van der Waals surface area contributed by atoms with Gasteiger partial charge >= 0.3 is 5.97 Å². The van der Waals surface area contributed by atoms with E-state index in [4.69, 9.17) is 30.3 Å². The Morgan fingerprint density at radius 3 is 2.41 bits per heavy atom. The molecule has 3 aromatic rings. The van der Waals surface area contributed by atoms with Crippen molar-refractivity contribution in [3.63, 3.8) is 0 Å². The van der Waals surface area contributed by atoms with Crippen molar-refractivity contribution in [2.24, 2.45) is 68.3 Å². The van der Waals surface area contributed by atoms with Gasteiger partial charge in [0.1, 0.15) is 6.33 Å². The van der Waals surface area contributed by atoms with Crippen molar-refractivity contribution in [3.05, 3.63) is 60.8 Å². The summed E-state index contributed by atoms with van der Waals surface area (Å²) in [5.74, 6) is 1.23. The molecule has 3 saturated carbocycles. The Bertz CT molecular complexity index is 2050. The van der Waals surface area contributed by atoms with Crippen LogP contribution in [0.15, 0.2) is 60.8 Å². The maximum absolute atomic E-state index is 13.7. The molecule has 4 heterocycles. The van der Waals surface area contributed by atoms with E-state index >= 15 is 0 Å². The summed E-state index contributed by atoms with van der Waals surface area (Å²) < 4.78 is 16.2. The SMILES string of the molecule is CC(C)[C@@H](C)[C@@]1(C)CC[C@]2(C)[C@H]3CC[C@H]4C5(C)COC[C@@]4(C[C@@H](n4ncnc4-c4ccnc(-c6ccncc6)c4)[C@@H]5OC[C@](C)(N)C(C)C)C3=CC[C@@]2(C)[C@@H]1C(=O)O. The fourth-order valence-electron chi connectivity index (χ4n) is 13.5. The smallest absolute Gasteiger partial charge is 0.307 e. The quantitative estimate of drug-likeness (QED) is 0.192. The first-order valence-electron chi connectivity index (χ1n) is 22.0. The van der Waals surface area contributed by atoms with Gasteiger partial charge in [0.05, 0.1) is 43.6 Å². The van der Waals surface area contributed by atoms with E-state index in [1.54, 1.807) is 18.7 Å². The highest BCUT2D eigenvalue weighted by molar-refractivity contribution is 5.73. The average Bonchev–Trinajstić information content (AvgIpc) is 3.68. The number of nitrogens with zero attached hydrogens (tertiary/aromatic N) is 5. The highest BCUT2D eigenvalue weighted by Crippen LogP contribution is 2.75. The molecule has 1 unspecified atom stereocenters. The van der Waals surface area contributed by atoms with Crippen molar-refractivity contribution in [1.82, 2.24) is 24.7 Å². The second-order valence-corrected chi connectivity index (χ2v) is 21.2. The van der Waals surface area contributed by atoms with Gasteiger partial charge in [-0.3, -0.25) is 14.8 Å². The summed E-state index contributed by atoms with van der Waals surface area (Å²) in [5, 5.41) is 16.3. The summed E-state index contributed by atoms with van der Waals surface area (Å²) in [6, 6.07) is 7.90. The first-order valence-corrected chi connectivity index (χ1v) is 22.0. The van der Waals surface area contributed by atoms with Gasteiger partial charge in [-0.25, -0.2) is 9.67 Å². The highest BCUT2D eigenvalue weighted by atomic mass is 16.5. The van der Waals surface area contributed by atoms with Gasteiger partial charge < -0.3 is 20.3 Å². The minimum atomic E-state index is -0.631. The first kappa shape index (κ1) is 41.3. The summed E-state index contributed by atoms with van der Waals surface area (Å²) >= 11 is 0. The molecule has 5 aliphatic rings. The van der Waals surface area contributed by atoms with Crippen LogP contribution in [-0.4, -0.2) is 67.3 Å². The first-order chi connectivity index (χ1) is 27.3. The minimum Gasteiger partial charge on any atom is -0.481 e. The molecule has 2 bridgehead atoms. The molecule has 10 heteroatoms. The number of aliphatic carboxylic acids is 1. The Hall–Kier alpha value is -3.47. The average molecular weight is 793 g/mol. The number of nitrogens with two attached hydrogens (primary N) is 1. The monoisotopic (exact) mass is 793 g/mol. The molecule has 0 radical (unpaired) electrons. The molecule has 4 aliphatic carbocycles. The van der Waals surface area contributed by atoms with Crippen molar-refractivity contribution >= 4 is 5.97 Å². The van der Waals surface area contributed by atoms with E-state index in [-0.39, 0.29) is 51.1 Å². The van der Waals surface area contributed by atoms with E-state index in [2.05, 4.69) is 91.0 Å². The zero-order valence-electron chi connectivity index (χ0n) is 36.7. The number of rotatable bonds is 10. The van der Waals surface area contributed by atoms with Gasteiger partial charge in [-0.15, -0.1) is 0 Å². The summed E-state index contributed by atoms with van der Waals surface area (Å²) in [7, 11) is 0. The molecule has 8 rings (SSSR count). The van der Waals surface area contributed by atoms with E-state index in [1.807, 2.05) is 24.4 Å². The zero-order valence-corrected chi connectivity index (χ0v) is 36.7. The maximum atomic E-state index is 13.7. The topological polar surface area (TPSA) is 138 Å². The third-order valence-electron chi connectivity index (χ3n) is 17.9. The lowest BCUT2D eigenvalue weighted by Gasteiger charge is -2.71. The van der Waals surface area contributed by atoms with E-state index < -0.39 is 17.4 Å². The second-order valence-electron chi connectivity index (χ2n) is 21.2. The van der Waals surface area contributed by atoms with Gasteiger partial charge in [0.15, 0.2) is 5.82 Å². The molecule has 10 nitrogen and oxygen atoms in total. The summed E-state index contributed by atoms with van der Waals surface area (Å²) in [5.41, 5.74) is 9.25. The van der Waals surface area contributed by atoms with Crippen molar-refractivity contribution in [3.8, 4) is 22.6 Å². The van der Waals surface area contributed by atoms with Gasteiger partial charge in [0, 0.05) is 46.1 Å². The Kier molecular flexibility index (Phi) is 10.2. The number of hydrogen-bond acceptors (Lipinski definition) is 8. The number of ether oxygens (including phenoxy) is 2. The Morgan fingerprint density at radius 1 is 1.00 bits per heavy atom. The lowest BCUT2D eigenvalue weighted by molar-refractivity contribution is -0.252. The predicted octanol–water partition coefficient (Wildman–Crippen LogP) is 9.29. The molecular weight excluding hydrogens is 725 g/mol. The molecule has 314 valence electrons. The van der Waals surface area contributed by atoms with Crippen molar-refractivity contribution in [1.29, 1.82) is 0 Å². The molecular formula is C48H68N6O4. The summed E-state index contributed by atoms with van der Waals surface area (Å²) in [6.45, 7) is 24.3. The van der Waals surface area contributed by atoms with Crippen molar-refractivity contribution in [2.45, 2.75) is 125 Å². The highest BCUT2D eigenvalue weighted by Gasteiger charge is 2.72. The predicted molar refractivity (Wildman–Crippen MR) is 226 cm³/mol. The van der Waals surface area contributed by atoms with E-state index in [0.29, 0.717) is 37.6 Å². The fraction of sp³-hybridized carbons (Fsp3) is 0.688. The van der Waals surface area contributed by atoms with Crippen molar-refractivity contribution in [2.75, 3.05) is 19.8 Å². The Balaban J connectivity index is 1.25. The molecule has 1 saturated heterocycles. The van der Waals surface area contributed by atoms with Crippen LogP contribution in [0.4, 0.5) is 0 Å². The number of fused-ring (bicyclic) bond motifs is 3. The Morgan fingerprint density at radius 2 is 1.72 bits per heavy atom. The summed E-state index contributed by atoms with van der Waals surface area (Å²) in [6.07, 6.45) is 15.0. The van der Waals surface area contributed by atoms with Crippen LogP contribution >= 0.6 is 0 Å². The standard InChI is InChI=1S/C48H68N6O4/c1-29(2)31(5)43(6)18-19-45(8)34-11-12-38-44(7)25-57-27-48(38,35(34)13-17-46(45,9)39(43)42(55)56)24-37(40(44)58-26-47(10,49)30(3)4)54-41(52-28-53-54)33-16-22-51-36(23-33)32-14-20-50-21-15-32/h13-16,20-23,28-31,34,37-40H,11-12,17-19,24-27,49H2,1-10H3,(H,55,56)/t31-,34+,37-,38+,39-,40+,43-,44?,45-,46+,47+,48+/m1/s1. The van der Waals surface area contributed by atoms with E-state index in [9.17, 15) is 9.90 Å². The fourth-order valence-corrected chi connectivity index (χ4v) is 13.5. The Labute approximate surface area is 346 Å². The van der Waals surface area contributed by atoms with Crippen LogP contribution in [0.1, 0.15) is 114 Å². The lowest BCUT2D eigenvalue weighted by atomic mass is 9.34. The summed E-state index contributed by atoms with van der Waals surface area (Å²) in [4.78, 5) is 27.5.